The number of imide groups is 1. The quantitative estimate of drug-likeness (QED) is 0.336. The first kappa shape index (κ1) is 17.8. The van der Waals surface area contributed by atoms with Crippen molar-refractivity contribution in [3.63, 3.8) is 0 Å². The molecule has 0 aliphatic carbocycles. The van der Waals surface area contributed by atoms with Crippen LogP contribution in [0.5, 0.6) is 0 Å². The Bertz CT molecular complexity index is 862. The predicted octanol–water partition coefficient (Wildman–Crippen LogP) is 5.05. The molecule has 2 aromatic rings. The maximum atomic E-state index is 12.4. The van der Waals surface area contributed by atoms with Crippen LogP contribution in [0.3, 0.4) is 0 Å². The average molecular weight is 542 g/mol. The summed E-state index contributed by atoms with van der Waals surface area (Å²) in [5.41, 5.74) is 0.849. The number of amides is 3. The number of hydrogen-bond donors (Lipinski definition) is 1. The summed E-state index contributed by atoms with van der Waals surface area (Å²) >= 11 is 17.2. The molecule has 1 aliphatic heterocycles. The van der Waals surface area contributed by atoms with Crippen molar-refractivity contribution in [2.45, 2.75) is 6.54 Å². The molecule has 1 aliphatic rings. The van der Waals surface area contributed by atoms with Crippen molar-refractivity contribution in [2.75, 3.05) is 0 Å². The molecule has 0 atom stereocenters. The topological polar surface area (TPSA) is 62.6 Å². The lowest BCUT2D eigenvalue weighted by atomic mass is 10.2. The fourth-order valence-corrected chi connectivity index (χ4v) is 3.15. The van der Waals surface area contributed by atoms with E-state index in [2.05, 4.69) is 21.2 Å². The molecular formula is C15H8BrCl2IN2O3. The number of urea groups is 1. The highest BCUT2D eigenvalue weighted by atomic mass is 127. The van der Waals surface area contributed by atoms with Crippen LogP contribution in [0.2, 0.25) is 10.0 Å². The molecule has 1 fully saturated rings. The number of carbonyl (C=O) groups is 2. The SMILES string of the molecule is O=C1N/C(=C\c2cc(Br)c(I)o2)C(=O)N1Cc1ccc(Cl)c(Cl)c1. The number of carbonyl (C=O) groups excluding carboxylic acids is 2. The van der Waals surface area contributed by atoms with Crippen LogP contribution < -0.4 is 5.32 Å². The molecule has 1 saturated heterocycles. The monoisotopic (exact) mass is 540 g/mol. The van der Waals surface area contributed by atoms with Crippen molar-refractivity contribution in [2.24, 2.45) is 0 Å². The predicted molar refractivity (Wildman–Crippen MR) is 103 cm³/mol. The van der Waals surface area contributed by atoms with Crippen LogP contribution in [0, 0.1) is 3.77 Å². The Morgan fingerprint density at radius 2 is 2.00 bits per heavy atom. The van der Waals surface area contributed by atoms with E-state index in [0.717, 1.165) is 9.37 Å². The summed E-state index contributed by atoms with van der Waals surface area (Å²) in [5, 5.41) is 3.32. The summed E-state index contributed by atoms with van der Waals surface area (Å²) < 4.78 is 6.89. The summed E-state index contributed by atoms with van der Waals surface area (Å²) in [6, 6.07) is 6.17. The van der Waals surface area contributed by atoms with E-state index in [1.807, 2.05) is 22.6 Å². The first-order valence-corrected chi connectivity index (χ1v) is 9.21. The van der Waals surface area contributed by atoms with Crippen molar-refractivity contribution in [3.05, 3.63) is 59.6 Å². The second-order valence-corrected chi connectivity index (χ2v) is 7.55. The first-order chi connectivity index (χ1) is 11.3. The zero-order valence-corrected chi connectivity index (χ0v) is 17.0. The molecule has 124 valence electrons. The molecule has 0 bridgehead atoms. The van der Waals surface area contributed by atoms with Crippen LogP contribution in [-0.2, 0) is 11.3 Å². The maximum absolute atomic E-state index is 12.4. The minimum absolute atomic E-state index is 0.0955. The van der Waals surface area contributed by atoms with Gasteiger partial charge in [0.15, 0.2) is 3.77 Å². The number of nitrogens with zero attached hydrogens (tertiary/aromatic N) is 1. The van der Waals surface area contributed by atoms with Gasteiger partial charge in [-0.3, -0.25) is 9.69 Å². The fourth-order valence-electron chi connectivity index (χ4n) is 2.11. The second kappa shape index (κ2) is 7.07. The molecule has 9 heteroatoms. The molecule has 1 aromatic heterocycles. The van der Waals surface area contributed by atoms with Crippen molar-refractivity contribution in [1.82, 2.24) is 10.2 Å². The molecule has 24 heavy (non-hydrogen) atoms. The fraction of sp³-hybridized carbons (Fsp3) is 0.0667. The summed E-state index contributed by atoms with van der Waals surface area (Å²) in [5.74, 6) is 0.0277. The third-order valence-corrected chi connectivity index (χ3v) is 6.11. The summed E-state index contributed by atoms with van der Waals surface area (Å²) in [7, 11) is 0. The van der Waals surface area contributed by atoms with Crippen LogP contribution in [0.15, 0.2) is 38.9 Å². The van der Waals surface area contributed by atoms with Gasteiger partial charge in [-0.1, -0.05) is 29.3 Å². The lowest BCUT2D eigenvalue weighted by Gasteiger charge is -2.12. The standard InChI is InChI=1S/C15H8BrCl2IN2O3/c16-9-4-8(24-13(9)19)5-12-14(22)21(15(23)20-12)6-7-1-2-10(17)11(18)3-7/h1-5H,6H2,(H,20,23)/b12-5-. The van der Waals surface area contributed by atoms with E-state index in [-0.39, 0.29) is 12.2 Å². The maximum Gasteiger partial charge on any atom is 0.329 e. The molecule has 2 heterocycles. The van der Waals surface area contributed by atoms with E-state index in [1.54, 1.807) is 24.3 Å². The lowest BCUT2D eigenvalue weighted by molar-refractivity contribution is -0.123. The van der Waals surface area contributed by atoms with Gasteiger partial charge in [0.25, 0.3) is 5.91 Å². The molecule has 0 spiro atoms. The Morgan fingerprint density at radius 1 is 1.25 bits per heavy atom. The molecule has 1 aromatic carbocycles. The Kier molecular flexibility index (Phi) is 5.24. The largest absolute Gasteiger partial charge is 0.450 e. The van der Waals surface area contributed by atoms with Gasteiger partial charge in [0.05, 0.1) is 21.1 Å². The van der Waals surface area contributed by atoms with Crippen LogP contribution >= 0.6 is 61.7 Å². The van der Waals surface area contributed by atoms with E-state index in [1.165, 1.54) is 6.08 Å². The highest BCUT2D eigenvalue weighted by Gasteiger charge is 2.33. The van der Waals surface area contributed by atoms with Crippen molar-refractivity contribution in [1.29, 1.82) is 0 Å². The van der Waals surface area contributed by atoms with Gasteiger partial charge in [-0.15, -0.1) is 0 Å². The van der Waals surface area contributed by atoms with Gasteiger partial charge in [0.2, 0.25) is 0 Å². The number of nitrogens with one attached hydrogen (secondary N) is 1. The first-order valence-electron chi connectivity index (χ1n) is 6.58. The molecule has 0 saturated carbocycles. The van der Waals surface area contributed by atoms with Crippen LogP contribution in [-0.4, -0.2) is 16.8 Å². The normalized spacial score (nSPS) is 16.2. The van der Waals surface area contributed by atoms with E-state index in [4.69, 9.17) is 27.6 Å². The third-order valence-electron chi connectivity index (χ3n) is 3.24. The van der Waals surface area contributed by atoms with E-state index >= 15 is 0 Å². The van der Waals surface area contributed by atoms with Gasteiger partial charge in [0.1, 0.15) is 11.5 Å². The van der Waals surface area contributed by atoms with Crippen LogP contribution in [0.25, 0.3) is 6.08 Å². The molecule has 1 N–H and O–H groups in total. The Morgan fingerprint density at radius 3 is 2.62 bits per heavy atom. The van der Waals surface area contributed by atoms with Crippen LogP contribution in [0.1, 0.15) is 11.3 Å². The smallest absolute Gasteiger partial charge is 0.329 e. The number of hydrogen-bond acceptors (Lipinski definition) is 3. The molecule has 3 amide bonds. The van der Waals surface area contributed by atoms with Gasteiger partial charge in [-0.05, 0) is 39.7 Å². The minimum Gasteiger partial charge on any atom is -0.450 e. The molecule has 0 unspecified atom stereocenters. The van der Waals surface area contributed by atoms with Gasteiger partial charge in [-0.2, -0.15) is 0 Å². The zero-order valence-electron chi connectivity index (χ0n) is 11.8. The zero-order chi connectivity index (χ0) is 17.4. The molecule has 3 rings (SSSR count). The van der Waals surface area contributed by atoms with Crippen LogP contribution in [0.4, 0.5) is 4.79 Å². The Labute approximate surface area is 169 Å². The van der Waals surface area contributed by atoms with E-state index in [0.29, 0.717) is 25.1 Å². The number of furan rings is 1. The Hall–Kier alpha value is -1.03. The number of rotatable bonds is 3. The third kappa shape index (κ3) is 3.63. The van der Waals surface area contributed by atoms with Gasteiger partial charge in [0, 0.05) is 28.7 Å². The lowest BCUT2D eigenvalue weighted by Crippen LogP contribution is -2.30. The van der Waals surface area contributed by atoms with Crippen molar-refractivity contribution < 1.29 is 14.0 Å². The highest BCUT2D eigenvalue weighted by molar-refractivity contribution is 14.1. The summed E-state index contributed by atoms with van der Waals surface area (Å²) in [6.45, 7) is 0.0955. The summed E-state index contributed by atoms with van der Waals surface area (Å²) in [4.78, 5) is 25.6. The number of halogens is 4. The van der Waals surface area contributed by atoms with Gasteiger partial charge >= 0.3 is 6.03 Å². The second-order valence-electron chi connectivity index (χ2n) is 4.90. The van der Waals surface area contributed by atoms with Gasteiger partial charge < -0.3 is 9.73 Å². The molecular weight excluding hydrogens is 534 g/mol. The van der Waals surface area contributed by atoms with Crippen molar-refractivity contribution >= 4 is 79.7 Å². The minimum atomic E-state index is -0.502. The van der Waals surface area contributed by atoms with E-state index < -0.39 is 11.9 Å². The molecule has 0 radical (unpaired) electrons. The van der Waals surface area contributed by atoms with E-state index in [9.17, 15) is 9.59 Å². The summed E-state index contributed by atoms with van der Waals surface area (Å²) in [6.07, 6.45) is 1.49. The van der Waals surface area contributed by atoms with Gasteiger partial charge in [-0.25, -0.2) is 4.79 Å². The van der Waals surface area contributed by atoms with Crippen molar-refractivity contribution in [3.8, 4) is 0 Å². The number of benzene rings is 1. The molecule has 5 nitrogen and oxygen atoms in total. The average Bonchev–Trinajstić information content (AvgIpc) is 2.97. The Balaban J connectivity index is 1.82. The highest BCUT2D eigenvalue weighted by Crippen LogP contribution is 2.27.